The van der Waals surface area contributed by atoms with Crippen molar-refractivity contribution < 1.29 is 19.6 Å². The van der Waals surface area contributed by atoms with Crippen LogP contribution in [0.1, 0.15) is 27.1 Å². The molecule has 0 saturated heterocycles. The lowest BCUT2D eigenvalue weighted by molar-refractivity contribution is -0.384. The van der Waals surface area contributed by atoms with Crippen molar-refractivity contribution in [3.05, 3.63) is 69.8 Å². The first kappa shape index (κ1) is 14.4. The summed E-state index contributed by atoms with van der Waals surface area (Å²) < 4.78 is 0. The predicted molar refractivity (Wildman–Crippen MR) is 74.5 cm³/mol. The molecule has 2 aromatic carbocycles. The summed E-state index contributed by atoms with van der Waals surface area (Å²) in [5.41, 5.74) is 0.163. The van der Waals surface area contributed by atoms with Crippen LogP contribution in [0, 0.1) is 10.1 Å². The van der Waals surface area contributed by atoms with Gasteiger partial charge in [-0.1, -0.05) is 12.1 Å². The van der Waals surface area contributed by atoms with E-state index in [1.165, 1.54) is 36.4 Å². The summed E-state index contributed by atoms with van der Waals surface area (Å²) >= 11 is 0. The number of non-ortho nitro benzene ring substituents is 1. The van der Waals surface area contributed by atoms with Gasteiger partial charge in [0.05, 0.1) is 16.9 Å². The lowest BCUT2D eigenvalue weighted by Crippen LogP contribution is -2.08. The lowest BCUT2D eigenvalue weighted by Gasteiger charge is -2.03. The molecule has 0 heterocycles. The number of para-hydroxylation sites is 1. The summed E-state index contributed by atoms with van der Waals surface area (Å²) in [6.45, 7) is 0. The monoisotopic (exact) mass is 285 g/mol. The zero-order valence-electron chi connectivity index (χ0n) is 10.9. The average molecular weight is 285 g/mol. The van der Waals surface area contributed by atoms with Crippen molar-refractivity contribution in [1.82, 2.24) is 0 Å². The minimum Gasteiger partial charge on any atom is -0.507 e. The third-order valence-corrected chi connectivity index (χ3v) is 2.93. The van der Waals surface area contributed by atoms with Crippen LogP contribution >= 0.6 is 0 Å². The summed E-state index contributed by atoms with van der Waals surface area (Å²) in [5, 5.41) is 20.1. The highest BCUT2D eigenvalue weighted by molar-refractivity contribution is 6.14. The van der Waals surface area contributed by atoms with Gasteiger partial charge in [-0.15, -0.1) is 0 Å². The van der Waals surface area contributed by atoms with E-state index in [1.54, 1.807) is 12.1 Å². The Morgan fingerprint density at radius 1 is 1.00 bits per heavy atom. The Labute approximate surface area is 119 Å². The van der Waals surface area contributed by atoms with Gasteiger partial charge in [0.1, 0.15) is 5.75 Å². The third-order valence-electron chi connectivity index (χ3n) is 2.93. The van der Waals surface area contributed by atoms with Crippen LogP contribution < -0.4 is 0 Å². The molecule has 0 spiro atoms. The third kappa shape index (κ3) is 3.30. The van der Waals surface area contributed by atoms with E-state index in [0.717, 1.165) is 0 Å². The molecule has 0 aliphatic rings. The molecule has 0 unspecified atom stereocenters. The Morgan fingerprint density at radius 2 is 1.62 bits per heavy atom. The number of hydrogen-bond acceptors (Lipinski definition) is 5. The predicted octanol–water partition coefficient (Wildman–Crippen LogP) is 2.76. The number of benzene rings is 2. The number of phenols is 1. The molecular formula is C15H11NO5. The highest BCUT2D eigenvalue weighted by atomic mass is 16.6. The number of nitrogens with zero attached hydrogens (tertiary/aromatic N) is 1. The first-order valence-corrected chi connectivity index (χ1v) is 6.08. The van der Waals surface area contributed by atoms with Crippen LogP contribution in [0.15, 0.2) is 48.5 Å². The van der Waals surface area contributed by atoms with Crippen LogP contribution in [0.5, 0.6) is 5.75 Å². The van der Waals surface area contributed by atoms with E-state index in [4.69, 9.17) is 0 Å². The standard InChI is InChI=1S/C15H11NO5/c17-13-4-2-1-3-12(13)15(19)9-14(18)10-5-7-11(8-6-10)16(20)21/h1-8,17H,9H2. The highest BCUT2D eigenvalue weighted by Crippen LogP contribution is 2.19. The quantitative estimate of drug-likeness (QED) is 0.394. The normalized spacial score (nSPS) is 10.1. The van der Waals surface area contributed by atoms with E-state index in [-0.39, 0.29) is 22.6 Å². The van der Waals surface area contributed by atoms with Crippen molar-refractivity contribution in [2.24, 2.45) is 0 Å². The fourth-order valence-corrected chi connectivity index (χ4v) is 1.82. The maximum atomic E-state index is 11.9. The Bertz CT molecular complexity index is 706. The molecule has 0 amide bonds. The molecule has 0 aliphatic heterocycles. The number of aromatic hydroxyl groups is 1. The van der Waals surface area contributed by atoms with Crippen LogP contribution in [0.4, 0.5) is 5.69 Å². The van der Waals surface area contributed by atoms with E-state index in [2.05, 4.69) is 0 Å². The fourth-order valence-electron chi connectivity index (χ4n) is 1.82. The van der Waals surface area contributed by atoms with Crippen molar-refractivity contribution in [1.29, 1.82) is 0 Å². The molecule has 6 heteroatoms. The van der Waals surface area contributed by atoms with Gasteiger partial charge in [-0.25, -0.2) is 0 Å². The van der Waals surface area contributed by atoms with E-state index in [0.29, 0.717) is 0 Å². The average Bonchev–Trinajstić information content (AvgIpc) is 2.47. The van der Waals surface area contributed by atoms with Gasteiger partial charge in [0.2, 0.25) is 0 Å². The molecule has 0 aliphatic carbocycles. The molecule has 0 radical (unpaired) electrons. The fraction of sp³-hybridized carbons (Fsp3) is 0.0667. The molecule has 0 saturated carbocycles. The molecule has 106 valence electrons. The van der Waals surface area contributed by atoms with Crippen LogP contribution in [-0.4, -0.2) is 21.6 Å². The molecule has 0 atom stereocenters. The number of Topliss-reactive ketones (excluding diaryl/α,β-unsaturated/α-hetero) is 2. The van der Waals surface area contributed by atoms with Gasteiger partial charge in [-0.2, -0.15) is 0 Å². The number of carbonyl (C=O) groups is 2. The number of carbonyl (C=O) groups excluding carboxylic acids is 2. The summed E-state index contributed by atoms with van der Waals surface area (Å²) in [6.07, 6.45) is -0.407. The maximum absolute atomic E-state index is 11.9. The Kier molecular flexibility index (Phi) is 4.08. The van der Waals surface area contributed by atoms with Crippen molar-refractivity contribution in [2.45, 2.75) is 6.42 Å². The molecule has 2 aromatic rings. The molecular weight excluding hydrogens is 274 g/mol. The molecule has 6 nitrogen and oxygen atoms in total. The number of phenolic OH excluding ortho intramolecular Hbond substituents is 1. The van der Waals surface area contributed by atoms with Gasteiger partial charge in [-0.05, 0) is 24.3 Å². The number of nitro benzene ring substituents is 1. The van der Waals surface area contributed by atoms with E-state index >= 15 is 0 Å². The van der Waals surface area contributed by atoms with Gasteiger partial charge in [0.15, 0.2) is 11.6 Å². The molecule has 0 aromatic heterocycles. The molecule has 21 heavy (non-hydrogen) atoms. The van der Waals surface area contributed by atoms with E-state index in [1.807, 2.05) is 0 Å². The molecule has 0 fully saturated rings. The summed E-state index contributed by atoms with van der Waals surface area (Å²) in [4.78, 5) is 33.8. The minimum absolute atomic E-state index is 0.0766. The summed E-state index contributed by atoms with van der Waals surface area (Å²) in [5.74, 6) is -1.14. The topological polar surface area (TPSA) is 97.5 Å². The Balaban J connectivity index is 2.13. The van der Waals surface area contributed by atoms with Crippen molar-refractivity contribution in [3.8, 4) is 5.75 Å². The zero-order chi connectivity index (χ0) is 15.4. The van der Waals surface area contributed by atoms with Gasteiger partial charge in [0, 0.05) is 17.7 Å². The second-order valence-electron chi connectivity index (χ2n) is 4.34. The Morgan fingerprint density at radius 3 is 2.19 bits per heavy atom. The zero-order valence-corrected chi connectivity index (χ0v) is 10.9. The first-order chi connectivity index (χ1) is 9.99. The summed E-state index contributed by atoms with van der Waals surface area (Å²) in [7, 11) is 0. The van der Waals surface area contributed by atoms with E-state index in [9.17, 15) is 24.8 Å². The number of nitro groups is 1. The Hall–Kier alpha value is -3.02. The second-order valence-corrected chi connectivity index (χ2v) is 4.34. The van der Waals surface area contributed by atoms with Crippen molar-refractivity contribution in [2.75, 3.05) is 0 Å². The van der Waals surface area contributed by atoms with Gasteiger partial charge in [0.25, 0.3) is 5.69 Å². The maximum Gasteiger partial charge on any atom is 0.269 e. The summed E-state index contributed by atoms with van der Waals surface area (Å²) in [6, 6.07) is 11.0. The van der Waals surface area contributed by atoms with Crippen LogP contribution in [0.2, 0.25) is 0 Å². The SMILES string of the molecule is O=C(CC(=O)c1ccccc1O)c1ccc([N+](=O)[O-])cc1. The highest BCUT2D eigenvalue weighted by Gasteiger charge is 2.17. The molecule has 0 bridgehead atoms. The molecule has 2 rings (SSSR count). The lowest BCUT2D eigenvalue weighted by atomic mass is 10.0. The van der Waals surface area contributed by atoms with Crippen molar-refractivity contribution in [3.63, 3.8) is 0 Å². The number of hydrogen-bond donors (Lipinski definition) is 1. The van der Waals surface area contributed by atoms with Crippen LogP contribution in [-0.2, 0) is 0 Å². The van der Waals surface area contributed by atoms with Gasteiger partial charge in [-0.3, -0.25) is 19.7 Å². The van der Waals surface area contributed by atoms with Gasteiger partial charge >= 0.3 is 0 Å². The largest absolute Gasteiger partial charge is 0.507 e. The van der Waals surface area contributed by atoms with Crippen LogP contribution in [0.3, 0.4) is 0 Å². The minimum atomic E-state index is -0.568. The van der Waals surface area contributed by atoms with Gasteiger partial charge < -0.3 is 5.11 Å². The second kappa shape index (κ2) is 5.96. The van der Waals surface area contributed by atoms with Crippen LogP contribution in [0.25, 0.3) is 0 Å². The number of rotatable bonds is 5. The van der Waals surface area contributed by atoms with Crippen molar-refractivity contribution >= 4 is 17.3 Å². The van der Waals surface area contributed by atoms with E-state index < -0.39 is 22.9 Å². The number of ketones is 2. The molecule has 1 N–H and O–H groups in total. The smallest absolute Gasteiger partial charge is 0.269 e. The first-order valence-electron chi connectivity index (χ1n) is 6.08.